The van der Waals surface area contributed by atoms with Crippen molar-refractivity contribution in [1.29, 1.82) is 0 Å². The van der Waals surface area contributed by atoms with E-state index in [1.807, 2.05) is 0 Å². The summed E-state index contributed by atoms with van der Waals surface area (Å²) in [7, 11) is 0. The molecule has 0 amide bonds. The molecule has 4 atom stereocenters. The van der Waals surface area contributed by atoms with Crippen LogP contribution in [0.4, 0.5) is 0 Å². The van der Waals surface area contributed by atoms with Gasteiger partial charge in [-0.15, -0.1) is 0 Å². The van der Waals surface area contributed by atoms with Crippen LogP contribution in [0.3, 0.4) is 0 Å². The smallest absolute Gasteiger partial charge is 0.0352 e. The molecule has 4 aliphatic rings. The van der Waals surface area contributed by atoms with Gasteiger partial charge in [0.2, 0.25) is 0 Å². The summed E-state index contributed by atoms with van der Waals surface area (Å²) in [6, 6.07) is 130. The van der Waals surface area contributed by atoms with E-state index in [4.69, 9.17) is 0 Å². The van der Waals surface area contributed by atoms with E-state index >= 15 is 0 Å². The third kappa shape index (κ3) is 8.87. The number of hydrogen-bond acceptors (Lipinski definition) is 0. The van der Waals surface area contributed by atoms with E-state index < -0.39 is 0 Å². The molecule has 0 N–H and O–H groups in total. The molecule has 4 unspecified atom stereocenters. The van der Waals surface area contributed by atoms with E-state index in [1.54, 1.807) is 0 Å². The van der Waals surface area contributed by atoms with Gasteiger partial charge >= 0.3 is 0 Å². The van der Waals surface area contributed by atoms with Gasteiger partial charge < -0.3 is 0 Å². The second-order valence-corrected chi connectivity index (χ2v) is 25.9. The predicted molar refractivity (Wildman–Crippen MR) is 378 cm³/mol. The topological polar surface area (TPSA) is 0 Å². The Kier molecular flexibility index (Phi) is 13.2. The van der Waals surface area contributed by atoms with Gasteiger partial charge in [-0.3, -0.25) is 0 Å². The van der Waals surface area contributed by atoms with E-state index in [0.29, 0.717) is 0 Å². The minimum atomic E-state index is -0.0365. The fourth-order valence-electron chi connectivity index (χ4n) is 17.4. The molecule has 0 aliphatic heterocycles. The van der Waals surface area contributed by atoms with Crippen molar-refractivity contribution in [3.63, 3.8) is 0 Å². The highest BCUT2D eigenvalue weighted by Crippen LogP contribution is 2.61. The SMILES string of the molecule is c1ccc(-c2cccc(-c3ccccc3)c2-c2c3c(cc4c2Cc2cc(C(c5ccccc5)c5ccccc5)cc5c2C4c2ccccc2C5c2ccccc2)C2c4ccccc4C(c4ccccc4)c4cc(C(c5ccccc5)c5ccccc5)cc(c42)C3)cc1. The largest absolute Gasteiger partial charge is 0.0622 e. The van der Waals surface area contributed by atoms with Crippen LogP contribution in [0.1, 0.15) is 158 Å². The predicted octanol–water partition coefficient (Wildman–Crippen LogP) is 22.2. The fourth-order valence-corrected chi connectivity index (χ4v) is 17.4. The average molecular weight is 1170 g/mol. The molecule has 0 heteroatoms. The molecule has 0 radical (unpaired) electrons. The van der Waals surface area contributed by atoms with Crippen molar-refractivity contribution in [1.82, 2.24) is 0 Å². The zero-order valence-corrected chi connectivity index (χ0v) is 51.2. The maximum atomic E-state index is 2.78. The Bertz CT molecular complexity index is 4680. The molecule has 0 bridgehead atoms. The minimum absolute atomic E-state index is 0.0143. The molecular formula is C92H66. The van der Waals surface area contributed by atoms with E-state index in [0.717, 1.165) is 12.8 Å². The average Bonchev–Trinajstić information content (AvgIpc) is 0.691. The lowest BCUT2D eigenvalue weighted by atomic mass is 9.58. The van der Waals surface area contributed by atoms with Crippen molar-refractivity contribution >= 4 is 0 Å². The van der Waals surface area contributed by atoms with E-state index in [2.05, 4.69) is 340 Å². The van der Waals surface area contributed by atoms with Crippen LogP contribution in [0.25, 0.3) is 33.4 Å². The molecule has 0 spiro atoms. The molecule has 0 fully saturated rings. The number of hydrogen-bond donors (Lipinski definition) is 0. The maximum Gasteiger partial charge on any atom is 0.0352 e. The van der Waals surface area contributed by atoms with E-state index in [9.17, 15) is 0 Å². The Morgan fingerprint density at radius 1 is 0.217 bits per heavy atom. The second kappa shape index (κ2) is 22.5. The summed E-state index contributed by atoms with van der Waals surface area (Å²) in [6.45, 7) is 0. The van der Waals surface area contributed by atoms with Gasteiger partial charge in [0.25, 0.3) is 0 Å². The number of rotatable bonds is 11. The lowest BCUT2D eigenvalue weighted by Gasteiger charge is -2.44. The van der Waals surface area contributed by atoms with Crippen molar-refractivity contribution in [2.45, 2.75) is 48.3 Å². The van der Waals surface area contributed by atoms with Crippen LogP contribution >= 0.6 is 0 Å². The molecule has 4 aliphatic carbocycles. The monoisotopic (exact) mass is 1170 g/mol. The van der Waals surface area contributed by atoms with Crippen LogP contribution in [0.15, 0.2) is 340 Å². The van der Waals surface area contributed by atoms with Crippen LogP contribution in [0.5, 0.6) is 0 Å². The first kappa shape index (κ1) is 54.1. The van der Waals surface area contributed by atoms with Gasteiger partial charge in [-0.1, -0.05) is 340 Å². The van der Waals surface area contributed by atoms with Gasteiger partial charge in [0.1, 0.15) is 0 Å². The fraction of sp³-hybridized carbons (Fsp3) is 0.0870. The van der Waals surface area contributed by atoms with E-state index in [1.165, 1.54) is 156 Å². The van der Waals surface area contributed by atoms with Crippen molar-refractivity contribution in [3.8, 4) is 33.4 Å². The molecule has 18 rings (SSSR count). The van der Waals surface area contributed by atoms with Gasteiger partial charge in [-0.25, -0.2) is 0 Å². The van der Waals surface area contributed by atoms with Gasteiger partial charge in [-0.2, -0.15) is 0 Å². The quantitative estimate of drug-likeness (QED) is 0.113. The molecule has 0 saturated carbocycles. The van der Waals surface area contributed by atoms with Crippen LogP contribution in [-0.2, 0) is 12.8 Å². The van der Waals surface area contributed by atoms with Crippen LogP contribution < -0.4 is 0 Å². The highest BCUT2D eigenvalue weighted by atomic mass is 14.5. The first-order valence-corrected chi connectivity index (χ1v) is 32.9. The Morgan fingerprint density at radius 3 is 0.870 bits per heavy atom. The first-order valence-electron chi connectivity index (χ1n) is 32.9. The van der Waals surface area contributed by atoms with Crippen molar-refractivity contribution < 1.29 is 0 Å². The molecule has 0 heterocycles. The molecule has 14 aromatic rings. The summed E-state index contributed by atoms with van der Waals surface area (Å²) >= 11 is 0. The molecule has 434 valence electrons. The zero-order valence-electron chi connectivity index (χ0n) is 51.2. The van der Waals surface area contributed by atoms with Gasteiger partial charge in [0.05, 0.1) is 0 Å². The standard InChI is InChI=1S/C92H66/c1-9-30-59(31-10-1)71-50-29-51-72(60-32-11-2-12-33-60)89(71)92-77-54-69-52-67(83(61-34-13-3-14-35-61)62-36-15-4-16-37-62)56-81-85(65-42-21-7-22-43-65)73-46-25-27-48-75(73)90(87(69)81)79(77)58-80-78(92)55-70-53-68(84(63-38-17-5-18-39-63)64-40-19-6-20-41-64)57-82-86(66-44-23-8-24-45-66)74-47-26-28-49-76(74)91(80)88(70)82/h1-53,56-58,83-86,90-91H,54-55H2. The number of fused-ring (bicyclic) bond motifs is 8. The molecule has 0 saturated heterocycles. The van der Waals surface area contributed by atoms with Crippen LogP contribution in [0, 0.1) is 0 Å². The van der Waals surface area contributed by atoms with Crippen LogP contribution in [0.2, 0.25) is 0 Å². The summed E-state index contributed by atoms with van der Waals surface area (Å²) in [4.78, 5) is 0. The molecule has 14 aromatic carbocycles. The normalized spacial score (nSPS) is 16.2. The Morgan fingerprint density at radius 2 is 0.522 bits per heavy atom. The van der Waals surface area contributed by atoms with Gasteiger partial charge in [-0.05, 0) is 169 Å². The Balaban J connectivity index is 0.984. The lowest BCUT2D eigenvalue weighted by Crippen LogP contribution is -2.30. The summed E-state index contributed by atoms with van der Waals surface area (Å²) in [5.74, 6) is 0.0225. The van der Waals surface area contributed by atoms with Crippen LogP contribution in [-0.4, -0.2) is 0 Å². The third-order valence-corrected chi connectivity index (χ3v) is 21.0. The van der Waals surface area contributed by atoms with Gasteiger partial charge in [0.15, 0.2) is 0 Å². The summed E-state index contributed by atoms with van der Waals surface area (Å²) in [6.07, 6.45) is 1.56. The third-order valence-electron chi connectivity index (χ3n) is 21.0. The maximum absolute atomic E-state index is 2.78. The van der Waals surface area contributed by atoms with Gasteiger partial charge in [0, 0.05) is 35.5 Å². The zero-order chi connectivity index (χ0) is 60.6. The summed E-state index contributed by atoms with van der Waals surface area (Å²) < 4.78 is 0. The Labute approximate surface area is 540 Å². The lowest BCUT2D eigenvalue weighted by molar-refractivity contribution is 0.754. The minimum Gasteiger partial charge on any atom is -0.0622 e. The first-order chi connectivity index (χ1) is 45.7. The highest BCUT2D eigenvalue weighted by molar-refractivity contribution is 5.98. The van der Waals surface area contributed by atoms with E-state index in [-0.39, 0.29) is 35.5 Å². The van der Waals surface area contributed by atoms with Crippen molar-refractivity contribution in [2.75, 3.05) is 0 Å². The molecular weight excluding hydrogens is 1110 g/mol. The Hall–Kier alpha value is -10.9. The number of benzene rings is 14. The molecule has 0 aromatic heterocycles. The summed E-state index contributed by atoms with van der Waals surface area (Å²) in [5, 5.41) is 0. The highest BCUT2D eigenvalue weighted by Gasteiger charge is 2.46. The van der Waals surface area contributed by atoms with Crippen molar-refractivity contribution in [3.05, 3.63) is 462 Å². The molecule has 0 nitrogen and oxygen atoms in total. The van der Waals surface area contributed by atoms with Crippen molar-refractivity contribution in [2.24, 2.45) is 0 Å². The second-order valence-electron chi connectivity index (χ2n) is 25.9. The molecule has 92 heavy (non-hydrogen) atoms. The summed E-state index contributed by atoms with van der Waals surface area (Å²) in [5.41, 5.74) is 38.1.